The van der Waals surface area contributed by atoms with Gasteiger partial charge in [0.05, 0.1) is 25.0 Å². The molecule has 4 heteroatoms. The van der Waals surface area contributed by atoms with Crippen molar-refractivity contribution in [1.29, 1.82) is 0 Å². The standard InChI is InChI=1S/C9H14O4/c1-3-12-7(10)6-9(2)4-5-13-8(9)11/h3-6H2,1-2H3/t9-/m1/s1. The lowest BCUT2D eigenvalue weighted by Crippen LogP contribution is -2.26. The van der Waals surface area contributed by atoms with E-state index >= 15 is 0 Å². The van der Waals surface area contributed by atoms with Gasteiger partial charge in [0.1, 0.15) is 0 Å². The van der Waals surface area contributed by atoms with E-state index < -0.39 is 5.41 Å². The van der Waals surface area contributed by atoms with E-state index in [0.717, 1.165) is 0 Å². The van der Waals surface area contributed by atoms with Crippen LogP contribution in [0, 0.1) is 5.41 Å². The van der Waals surface area contributed by atoms with E-state index in [1.54, 1.807) is 13.8 Å². The highest BCUT2D eigenvalue weighted by molar-refractivity contribution is 5.84. The Balaban J connectivity index is 2.51. The molecule has 1 saturated heterocycles. The highest BCUT2D eigenvalue weighted by atomic mass is 16.5. The van der Waals surface area contributed by atoms with Gasteiger partial charge in [-0.15, -0.1) is 0 Å². The molecule has 1 rings (SSSR count). The summed E-state index contributed by atoms with van der Waals surface area (Å²) in [5.74, 6) is -0.621. The normalized spacial score (nSPS) is 27.1. The van der Waals surface area contributed by atoms with Gasteiger partial charge >= 0.3 is 11.9 Å². The predicted octanol–water partition coefficient (Wildman–Crippen LogP) is 0.893. The molecule has 74 valence electrons. The fraction of sp³-hybridized carbons (Fsp3) is 0.778. The molecule has 4 nitrogen and oxygen atoms in total. The van der Waals surface area contributed by atoms with Crippen molar-refractivity contribution in [3.8, 4) is 0 Å². The summed E-state index contributed by atoms with van der Waals surface area (Å²) in [5, 5.41) is 0. The van der Waals surface area contributed by atoms with Gasteiger partial charge in [-0.05, 0) is 20.3 Å². The summed E-state index contributed by atoms with van der Waals surface area (Å²) >= 11 is 0. The Labute approximate surface area is 77.2 Å². The van der Waals surface area contributed by atoms with E-state index in [-0.39, 0.29) is 18.4 Å². The molecule has 0 aliphatic carbocycles. The van der Waals surface area contributed by atoms with Crippen molar-refractivity contribution in [3.05, 3.63) is 0 Å². The molecule has 0 bridgehead atoms. The van der Waals surface area contributed by atoms with Gasteiger partial charge in [-0.25, -0.2) is 0 Å². The van der Waals surface area contributed by atoms with Gasteiger partial charge in [-0.1, -0.05) is 0 Å². The Morgan fingerprint density at radius 3 is 2.85 bits per heavy atom. The Bertz CT molecular complexity index is 224. The zero-order chi connectivity index (χ0) is 9.90. The second kappa shape index (κ2) is 3.77. The maximum Gasteiger partial charge on any atom is 0.312 e. The lowest BCUT2D eigenvalue weighted by atomic mass is 9.85. The number of ether oxygens (including phenoxy) is 2. The maximum absolute atomic E-state index is 11.2. The monoisotopic (exact) mass is 186 g/mol. The predicted molar refractivity (Wildman–Crippen MR) is 44.9 cm³/mol. The Kier molecular flexibility index (Phi) is 2.90. The van der Waals surface area contributed by atoms with Gasteiger partial charge in [-0.2, -0.15) is 0 Å². The van der Waals surface area contributed by atoms with Crippen LogP contribution in [0.4, 0.5) is 0 Å². The lowest BCUT2D eigenvalue weighted by Gasteiger charge is -2.16. The minimum atomic E-state index is -0.660. The van der Waals surface area contributed by atoms with Crippen LogP contribution in [0.1, 0.15) is 26.7 Å². The smallest absolute Gasteiger partial charge is 0.312 e. The first-order valence-electron chi connectivity index (χ1n) is 4.41. The summed E-state index contributed by atoms with van der Waals surface area (Å²) in [5.41, 5.74) is -0.660. The molecule has 1 aliphatic heterocycles. The minimum Gasteiger partial charge on any atom is -0.466 e. The quantitative estimate of drug-likeness (QED) is 0.614. The summed E-state index contributed by atoms with van der Waals surface area (Å²) in [6, 6.07) is 0. The average molecular weight is 186 g/mol. The summed E-state index contributed by atoms with van der Waals surface area (Å²) in [7, 11) is 0. The number of hydrogen-bond donors (Lipinski definition) is 0. The van der Waals surface area contributed by atoms with Crippen LogP contribution in [0.5, 0.6) is 0 Å². The van der Waals surface area contributed by atoms with E-state index in [9.17, 15) is 9.59 Å². The fourth-order valence-corrected chi connectivity index (χ4v) is 1.34. The molecule has 0 aromatic carbocycles. The summed E-state index contributed by atoms with van der Waals surface area (Å²) in [4.78, 5) is 22.3. The highest BCUT2D eigenvalue weighted by Gasteiger charge is 2.42. The summed E-state index contributed by atoms with van der Waals surface area (Å²) < 4.78 is 9.57. The zero-order valence-electron chi connectivity index (χ0n) is 7.96. The van der Waals surface area contributed by atoms with Crippen molar-refractivity contribution in [2.45, 2.75) is 26.7 Å². The van der Waals surface area contributed by atoms with E-state index in [4.69, 9.17) is 9.47 Å². The van der Waals surface area contributed by atoms with Gasteiger partial charge in [0.25, 0.3) is 0 Å². The molecule has 1 atom stereocenters. The zero-order valence-corrected chi connectivity index (χ0v) is 7.96. The second-order valence-electron chi connectivity index (χ2n) is 3.43. The van der Waals surface area contributed by atoms with Crippen LogP contribution in [0.3, 0.4) is 0 Å². The summed E-state index contributed by atoms with van der Waals surface area (Å²) in [6.07, 6.45) is 0.727. The average Bonchev–Trinajstić information content (AvgIpc) is 2.32. The van der Waals surface area contributed by atoms with Gasteiger partial charge in [0, 0.05) is 0 Å². The van der Waals surface area contributed by atoms with Crippen LogP contribution in [0.25, 0.3) is 0 Å². The van der Waals surface area contributed by atoms with E-state index in [2.05, 4.69) is 0 Å². The molecular formula is C9H14O4. The van der Waals surface area contributed by atoms with Crippen molar-refractivity contribution in [1.82, 2.24) is 0 Å². The first-order chi connectivity index (χ1) is 6.08. The highest BCUT2D eigenvalue weighted by Crippen LogP contribution is 2.33. The number of cyclic esters (lactones) is 1. The molecule has 0 aromatic heterocycles. The first-order valence-corrected chi connectivity index (χ1v) is 4.41. The number of hydrogen-bond acceptors (Lipinski definition) is 4. The largest absolute Gasteiger partial charge is 0.466 e. The Morgan fingerprint density at radius 1 is 1.69 bits per heavy atom. The van der Waals surface area contributed by atoms with Gasteiger partial charge in [0.15, 0.2) is 0 Å². The topological polar surface area (TPSA) is 52.6 Å². The van der Waals surface area contributed by atoms with Crippen LogP contribution in [-0.2, 0) is 19.1 Å². The SMILES string of the molecule is CCOC(=O)C[C@@]1(C)CCOC1=O. The first kappa shape index (κ1) is 10.0. The summed E-state index contributed by atoms with van der Waals surface area (Å²) in [6.45, 7) is 4.24. The number of esters is 2. The van der Waals surface area contributed by atoms with Crippen LogP contribution >= 0.6 is 0 Å². The fourth-order valence-electron chi connectivity index (χ4n) is 1.34. The maximum atomic E-state index is 11.2. The van der Waals surface area contributed by atoms with Crippen molar-refractivity contribution in [3.63, 3.8) is 0 Å². The number of rotatable bonds is 3. The van der Waals surface area contributed by atoms with Gasteiger partial charge in [-0.3, -0.25) is 9.59 Å². The molecule has 0 N–H and O–H groups in total. The lowest BCUT2D eigenvalue weighted by molar-refractivity contribution is -0.154. The van der Waals surface area contributed by atoms with Crippen molar-refractivity contribution >= 4 is 11.9 Å². The molecule has 13 heavy (non-hydrogen) atoms. The van der Waals surface area contributed by atoms with Gasteiger partial charge < -0.3 is 9.47 Å². The van der Waals surface area contributed by atoms with Crippen LogP contribution in [-0.4, -0.2) is 25.2 Å². The second-order valence-corrected chi connectivity index (χ2v) is 3.43. The minimum absolute atomic E-state index is 0.125. The van der Waals surface area contributed by atoms with Crippen molar-refractivity contribution in [2.75, 3.05) is 13.2 Å². The molecule has 0 amide bonds. The molecule has 0 aromatic rings. The molecule has 0 spiro atoms. The van der Waals surface area contributed by atoms with Crippen LogP contribution in [0.15, 0.2) is 0 Å². The molecule has 0 radical (unpaired) electrons. The molecule has 1 aliphatic rings. The third-order valence-electron chi connectivity index (χ3n) is 2.22. The van der Waals surface area contributed by atoms with Crippen LogP contribution < -0.4 is 0 Å². The Morgan fingerprint density at radius 2 is 2.38 bits per heavy atom. The molecule has 0 saturated carbocycles. The van der Waals surface area contributed by atoms with Crippen LogP contribution in [0.2, 0.25) is 0 Å². The molecular weight excluding hydrogens is 172 g/mol. The Hall–Kier alpha value is -1.06. The molecule has 1 heterocycles. The molecule has 0 unspecified atom stereocenters. The third-order valence-corrected chi connectivity index (χ3v) is 2.22. The molecule has 1 fully saturated rings. The third kappa shape index (κ3) is 2.20. The van der Waals surface area contributed by atoms with Gasteiger partial charge in [0.2, 0.25) is 0 Å². The van der Waals surface area contributed by atoms with E-state index in [1.807, 2.05) is 0 Å². The van der Waals surface area contributed by atoms with E-state index in [0.29, 0.717) is 19.6 Å². The van der Waals surface area contributed by atoms with Crippen molar-refractivity contribution < 1.29 is 19.1 Å². The number of carbonyl (C=O) groups is 2. The van der Waals surface area contributed by atoms with Crippen molar-refractivity contribution in [2.24, 2.45) is 5.41 Å². The van der Waals surface area contributed by atoms with E-state index in [1.165, 1.54) is 0 Å². The number of carbonyl (C=O) groups excluding carboxylic acids is 2.